The molecule has 0 aliphatic heterocycles. The molecule has 5 nitrogen and oxygen atoms in total. The van der Waals surface area contributed by atoms with Crippen molar-refractivity contribution in [2.24, 2.45) is 5.92 Å². The fourth-order valence-corrected chi connectivity index (χ4v) is 1.55. The molecular weight excluding hydrogens is 234 g/mol. The molecule has 1 aromatic rings. The summed E-state index contributed by atoms with van der Waals surface area (Å²) in [5.74, 6) is 1.07. The van der Waals surface area contributed by atoms with Gasteiger partial charge in [-0.2, -0.15) is 0 Å². The zero-order chi connectivity index (χ0) is 13.4. The number of furan rings is 1. The molecule has 0 radical (unpaired) electrons. The van der Waals surface area contributed by atoms with Crippen LogP contribution in [0.2, 0.25) is 0 Å². The first-order valence-corrected chi connectivity index (χ1v) is 6.26. The number of aliphatic hydroxyl groups is 2. The summed E-state index contributed by atoms with van der Waals surface area (Å²) in [6, 6.07) is 3.63. The SMILES string of the molecule is CC(C)[C@@H](CO)NCC(O)COCc1ccco1. The topological polar surface area (TPSA) is 74.9 Å². The van der Waals surface area contributed by atoms with Gasteiger partial charge in [-0.05, 0) is 18.1 Å². The van der Waals surface area contributed by atoms with Crippen LogP contribution in [0.5, 0.6) is 0 Å². The van der Waals surface area contributed by atoms with Crippen molar-refractivity contribution >= 4 is 0 Å². The molecule has 0 aliphatic rings. The maximum Gasteiger partial charge on any atom is 0.129 e. The van der Waals surface area contributed by atoms with Gasteiger partial charge in [0.2, 0.25) is 0 Å². The summed E-state index contributed by atoms with van der Waals surface area (Å²) in [5.41, 5.74) is 0. The molecule has 5 heteroatoms. The van der Waals surface area contributed by atoms with E-state index in [1.165, 1.54) is 0 Å². The van der Waals surface area contributed by atoms with Crippen LogP contribution in [0.3, 0.4) is 0 Å². The lowest BCUT2D eigenvalue weighted by atomic mass is 10.1. The Bertz CT molecular complexity index is 300. The standard InChI is InChI=1S/C13H23NO4/c1-10(2)13(7-15)14-6-11(16)8-17-9-12-4-3-5-18-12/h3-5,10-11,13-16H,6-9H2,1-2H3/t11?,13-/m1/s1. The van der Waals surface area contributed by atoms with Crippen molar-refractivity contribution in [3.63, 3.8) is 0 Å². The summed E-state index contributed by atoms with van der Waals surface area (Å²) in [4.78, 5) is 0. The van der Waals surface area contributed by atoms with Crippen molar-refractivity contribution in [1.82, 2.24) is 5.32 Å². The smallest absolute Gasteiger partial charge is 0.129 e. The van der Waals surface area contributed by atoms with E-state index in [1.807, 2.05) is 19.9 Å². The van der Waals surface area contributed by atoms with Gasteiger partial charge in [0.25, 0.3) is 0 Å². The van der Waals surface area contributed by atoms with E-state index in [9.17, 15) is 5.11 Å². The van der Waals surface area contributed by atoms with Crippen molar-refractivity contribution in [1.29, 1.82) is 0 Å². The van der Waals surface area contributed by atoms with Gasteiger partial charge < -0.3 is 24.7 Å². The summed E-state index contributed by atoms with van der Waals surface area (Å²) in [7, 11) is 0. The van der Waals surface area contributed by atoms with Crippen LogP contribution in [-0.4, -0.2) is 42.1 Å². The monoisotopic (exact) mass is 257 g/mol. The van der Waals surface area contributed by atoms with Crippen LogP contribution < -0.4 is 5.32 Å². The van der Waals surface area contributed by atoms with E-state index in [4.69, 9.17) is 14.3 Å². The lowest BCUT2D eigenvalue weighted by Crippen LogP contribution is -2.42. The van der Waals surface area contributed by atoms with Crippen molar-refractivity contribution in [2.75, 3.05) is 19.8 Å². The van der Waals surface area contributed by atoms with Gasteiger partial charge in [-0.25, -0.2) is 0 Å². The molecule has 1 heterocycles. The van der Waals surface area contributed by atoms with Gasteiger partial charge in [-0.1, -0.05) is 13.8 Å². The van der Waals surface area contributed by atoms with Crippen LogP contribution in [0, 0.1) is 5.92 Å². The molecule has 0 fully saturated rings. The average Bonchev–Trinajstić information content (AvgIpc) is 2.82. The van der Waals surface area contributed by atoms with Gasteiger partial charge in [-0.3, -0.25) is 0 Å². The molecular formula is C13H23NO4. The number of rotatable bonds is 9. The molecule has 0 aliphatic carbocycles. The third kappa shape index (κ3) is 5.64. The molecule has 1 rings (SSSR count). The van der Waals surface area contributed by atoms with Crippen LogP contribution in [0.4, 0.5) is 0 Å². The van der Waals surface area contributed by atoms with Crippen LogP contribution >= 0.6 is 0 Å². The van der Waals surface area contributed by atoms with Gasteiger partial charge in [0.05, 0.1) is 25.6 Å². The normalized spacial score (nSPS) is 14.9. The third-order valence-electron chi connectivity index (χ3n) is 2.75. The summed E-state index contributed by atoms with van der Waals surface area (Å²) < 4.78 is 10.4. The number of aliphatic hydroxyl groups excluding tert-OH is 2. The highest BCUT2D eigenvalue weighted by molar-refractivity contribution is 4.96. The third-order valence-corrected chi connectivity index (χ3v) is 2.75. The molecule has 18 heavy (non-hydrogen) atoms. The number of nitrogens with one attached hydrogen (secondary N) is 1. The van der Waals surface area contributed by atoms with Crippen LogP contribution in [0.25, 0.3) is 0 Å². The minimum Gasteiger partial charge on any atom is -0.467 e. The van der Waals surface area contributed by atoms with Crippen molar-refractivity contribution in [2.45, 2.75) is 32.6 Å². The lowest BCUT2D eigenvalue weighted by molar-refractivity contribution is 0.0197. The number of ether oxygens (including phenoxy) is 1. The van der Waals surface area contributed by atoms with E-state index in [0.29, 0.717) is 19.1 Å². The first kappa shape index (κ1) is 15.2. The quantitative estimate of drug-likeness (QED) is 0.609. The average molecular weight is 257 g/mol. The highest BCUT2D eigenvalue weighted by atomic mass is 16.5. The Labute approximate surface area is 108 Å². The fourth-order valence-electron chi connectivity index (χ4n) is 1.55. The fraction of sp³-hybridized carbons (Fsp3) is 0.692. The summed E-state index contributed by atoms with van der Waals surface area (Å²) in [6.45, 7) is 5.11. The van der Waals surface area contributed by atoms with E-state index in [-0.39, 0.29) is 19.3 Å². The second kappa shape index (κ2) is 8.26. The van der Waals surface area contributed by atoms with E-state index >= 15 is 0 Å². The molecule has 0 spiro atoms. The number of hydrogen-bond acceptors (Lipinski definition) is 5. The van der Waals surface area contributed by atoms with E-state index in [2.05, 4.69) is 5.32 Å². The maximum absolute atomic E-state index is 9.70. The number of hydrogen-bond donors (Lipinski definition) is 3. The molecule has 0 amide bonds. The van der Waals surface area contributed by atoms with E-state index in [0.717, 1.165) is 5.76 Å². The Morgan fingerprint density at radius 2 is 2.22 bits per heavy atom. The molecule has 0 saturated heterocycles. The van der Waals surface area contributed by atoms with Crippen molar-refractivity contribution in [3.8, 4) is 0 Å². The van der Waals surface area contributed by atoms with E-state index < -0.39 is 6.10 Å². The first-order valence-electron chi connectivity index (χ1n) is 6.26. The summed E-state index contributed by atoms with van der Waals surface area (Å²) in [6.07, 6.45) is 0.998. The minimum absolute atomic E-state index is 0.00437. The Balaban J connectivity index is 2.11. The summed E-state index contributed by atoms with van der Waals surface area (Å²) in [5, 5.41) is 21.9. The Hall–Kier alpha value is -0.880. The molecule has 1 aromatic heterocycles. The maximum atomic E-state index is 9.70. The highest BCUT2D eigenvalue weighted by Crippen LogP contribution is 2.03. The van der Waals surface area contributed by atoms with Crippen LogP contribution in [0.1, 0.15) is 19.6 Å². The van der Waals surface area contributed by atoms with Gasteiger partial charge >= 0.3 is 0 Å². The second-order valence-corrected chi connectivity index (χ2v) is 4.69. The zero-order valence-corrected chi connectivity index (χ0v) is 11.0. The van der Waals surface area contributed by atoms with Crippen molar-refractivity contribution < 1.29 is 19.4 Å². The molecule has 0 aromatic carbocycles. The zero-order valence-electron chi connectivity index (χ0n) is 11.0. The van der Waals surface area contributed by atoms with E-state index in [1.54, 1.807) is 12.3 Å². The predicted molar refractivity (Wildman–Crippen MR) is 68.1 cm³/mol. The molecule has 1 unspecified atom stereocenters. The van der Waals surface area contributed by atoms with Crippen LogP contribution in [-0.2, 0) is 11.3 Å². The largest absolute Gasteiger partial charge is 0.467 e. The Morgan fingerprint density at radius 3 is 2.78 bits per heavy atom. The van der Waals surface area contributed by atoms with Gasteiger partial charge in [0.15, 0.2) is 0 Å². The molecule has 2 atom stereocenters. The Kier molecular flexibility index (Phi) is 6.97. The van der Waals surface area contributed by atoms with Crippen LogP contribution in [0.15, 0.2) is 22.8 Å². The molecule has 104 valence electrons. The molecule has 0 bridgehead atoms. The minimum atomic E-state index is -0.590. The van der Waals surface area contributed by atoms with Gasteiger partial charge in [-0.15, -0.1) is 0 Å². The lowest BCUT2D eigenvalue weighted by Gasteiger charge is -2.21. The van der Waals surface area contributed by atoms with Crippen molar-refractivity contribution in [3.05, 3.63) is 24.2 Å². The first-order chi connectivity index (χ1) is 8.63. The Morgan fingerprint density at radius 1 is 1.44 bits per heavy atom. The van der Waals surface area contributed by atoms with Gasteiger partial charge in [0, 0.05) is 12.6 Å². The van der Waals surface area contributed by atoms with Gasteiger partial charge in [0.1, 0.15) is 12.4 Å². The summed E-state index contributed by atoms with van der Waals surface area (Å²) >= 11 is 0. The predicted octanol–water partition coefficient (Wildman–Crippen LogP) is 0.764. The second-order valence-electron chi connectivity index (χ2n) is 4.69. The molecule has 0 saturated carbocycles. The molecule has 3 N–H and O–H groups in total. The highest BCUT2D eigenvalue weighted by Gasteiger charge is 2.13.